The minimum atomic E-state index is 0.920. The average Bonchev–Trinajstić information content (AvgIpc) is 3.57. The van der Waals surface area contributed by atoms with Crippen LogP contribution >= 0.6 is 0 Å². The second kappa shape index (κ2) is 16.9. The molecule has 9 saturated carbocycles. The molecule has 1 aliphatic heterocycles. The van der Waals surface area contributed by atoms with Crippen LogP contribution in [0.3, 0.4) is 0 Å². The smallest absolute Gasteiger partial charge is 0.0133 e. The van der Waals surface area contributed by atoms with Crippen LogP contribution in [0.15, 0.2) is 11.6 Å². The van der Waals surface area contributed by atoms with Crippen molar-refractivity contribution in [2.45, 2.75) is 236 Å². The minimum absolute atomic E-state index is 0.920. The fourth-order valence-corrected chi connectivity index (χ4v) is 18.3. The predicted molar refractivity (Wildman–Crippen MR) is 224 cm³/mol. The van der Waals surface area contributed by atoms with Gasteiger partial charge in [0.05, 0.1) is 0 Å². The molecule has 1 saturated heterocycles. The number of rotatable bonds is 6. The van der Waals surface area contributed by atoms with Gasteiger partial charge in [-0.1, -0.05) is 108 Å². The van der Waals surface area contributed by atoms with Gasteiger partial charge in [0.1, 0.15) is 0 Å². The Morgan fingerprint density at radius 1 is 0.340 bits per heavy atom. The Morgan fingerprint density at radius 2 is 0.774 bits per heavy atom. The van der Waals surface area contributed by atoms with E-state index in [-0.39, 0.29) is 0 Å². The van der Waals surface area contributed by atoms with Crippen molar-refractivity contribution in [3.63, 3.8) is 0 Å². The van der Waals surface area contributed by atoms with E-state index in [0.29, 0.717) is 0 Å². The monoisotopic (exact) mass is 724 g/mol. The van der Waals surface area contributed by atoms with Crippen LogP contribution in [0, 0.1) is 76.9 Å². The highest BCUT2D eigenvalue weighted by Crippen LogP contribution is 2.64. The van der Waals surface area contributed by atoms with Crippen LogP contribution in [0.5, 0.6) is 0 Å². The van der Waals surface area contributed by atoms with E-state index in [1.165, 1.54) is 103 Å². The van der Waals surface area contributed by atoms with Gasteiger partial charge in [0.25, 0.3) is 0 Å². The van der Waals surface area contributed by atoms with Crippen molar-refractivity contribution in [3.8, 4) is 0 Å². The Morgan fingerprint density at radius 3 is 1.34 bits per heavy atom. The zero-order chi connectivity index (χ0) is 35.1. The summed E-state index contributed by atoms with van der Waals surface area (Å²) in [4.78, 5) is 3.30. The van der Waals surface area contributed by atoms with E-state index in [1.807, 2.05) is 5.57 Å². The Balaban J connectivity index is 0.861. The van der Waals surface area contributed by atoms with Gasteiger partial charge in [-0.15, -0.1) is 0 Å². The van der Waals surface area contributed by atoms with Gasteiger partial charge in [0.15, 0.2) is 0 Å². The summed E-state index contributed by atoms with van der Waals surface area (Å²) in [5.41, 5.74) is 2.02. The van der Waals surface area contributed by atoms with Crippen molar-refractivity contribution in [2.24, 2.45) is 76.9 Å². The molecule has 0 spiro atoms. The summed E-state index contributed by atoms with van der Waals surface area (Å²) in [6.45, 7) is 0. The number of hydrogen-bond acceptors (Lipinski definition) is 1. The summed E-state index contributed by atoms with van der Waals surface area (Å²) in [7, 11) is 0. The van der Waals surface area contributed by atoms with E-state index in [9.17, 15) is 0 Å². The molecule has 0 amide bonds. The van der Waals surface area contributed by atoms with Gasteiger partial charge in [0.2, 0.25) is 0 Å². The third-order valence-corrected chi connectivity index (χ3v) is 20.2. The molecule has 0 N–H and O–H groups in total. The van der Waals surface area contributed by atoms with E-state index in [2.05, 4.69) is 11.0 Å². The van der Waals surface area contributed by atoms with Gasteiger partial charge in [-0.2, -0.15) is 0 Å². The molecule has 0 aromatic rings. The van der Waals surface area contributed by atoms with Crippen molar-refractivity contribution in [3.05, 3.63) is 11.6 Å². The first kappa shape index (κ1) is 37.0. The summed E-state index contributed by atoms with van der Waals surface area (Å²) in [5, 5.41) is 0. The lowest BCUT2D eigenvalue weighted by Gasteiger charge is -2.61. The third kappa shape index (κ3) is 7.36. The first-order valence-electron chi connectivity index (χ1n) is 25.8. The number of nitrogens with zero attached hydrogens (tertiary/aromatic N) is 1. The molecular weight excluding hydrogens is 639 g/mol. The van der Waals surface area contributed by atoms with E-state index in [1.54, 1.807) is 116 Å². The van der Waals surface area contributed by atoms with Crippen molar-refractivity contribution >= 4 is 0 Å². The molecule has 0 aromatic carbocycles. The molecule has 1 heterocycles. The van der Waals surface area contributed by atoms with Gasteiger partial charge >= 0.3 is 0 Å². The van der Waals surface area contributed by atoms with Crippen molar-refractivity contribution in [2.75, 3.05) is 0 Å². The minimum Gasteiger partial charge on any atom is -0.294 e. The Bertz CT molecular complexity index is 1150. The van der Waals surface area contributed by atoms with Crippen molar-refractivity contribution in [1.29, 1.82) is 0 Å². The van der Waals surface area contributed by atoms with Gasteiger partial charge in [0, 0.05) is 18.1 Å². The summed E-state index contributed by atoms with van der Waals surface area (Å²) >= 11 is 0. The lowest BCUT2D eigenvalue weighted by molar-refractivity contribution is -0.117. The summed E-state index contributed by atoms with van der Waals surface area (Å²) in [6.07, 6.45) is 56.0. The number of allylic oxidation sites excluding steroid dienone is 2. The second-order valence-electron chi connectivity index (χ2n) is 22.4. The molecule has 1 heteroatoms. The van der Waals surface area contributed by atoms with Gasteiger partial charge in [-0.3, -0.25) is 4.90 Å². The molecule has 0 radical (unpaired) electrons. The molecular formula is C52H85N. The van der Waals surface area contributed by atoms with Crippen LogP contribution < -0.4 is 0 Å². The zero-order valence-electron chi connectivity index (χ0n) is 34.8. The molecule has 10 aliphatic rings. The first-order valence-corrected chi connectivity index (χ1v) is 25.8. The van der Waals surface area contributed by atoms with Crippen LogP contribution in [0.2, 0.25) is 0 Å². The molecule has 10 rings (SSSR count). The normalized spacial score (nSPS) is 46.5. The third-order valence-electron chi connectivity index (χ3n) is 20.2. The second-order valence-corrected chi connectivity index (χ2v) is 22.4. The van der Waals surface area contributed by atoms with Gasteiger partial charge in [-0.25, -0.2) is 0 Å². The highest BCUT2D eigenvalue weighted by atomic mass is 15.3. The number of fused-ring (bicyclic) bond motifs is 5. The number of likely N-dealkylation sites (tertiary alicyclic amines) is 1. The molecule has 9 aliphatic carbocycles. The Kier molecular flexibility index (Phi) is 11.8. The lowest BCUT2D eigenvalue weighted by atomic mass is 9.45. The standard InChI is InChI=1S/C52H85N/c1-4-16-37(17-5-1)47(38-18-6-2-7-19-38)34-36-28-30-39(31-29-36)51-43-23-10-12-25-45(43)52(46-26-13-11-24-44(46)51)40-32-33-50-48(35-40)42-22-14-15-27-49(42)53(50)41-20-8-3-9-21-41/h34,36-46,48-52H,1-33,35H2. The predicted octanol–water partition coefficient (Wildman–Crippen LogP) is 14.7. The maximum absolute atomic E-state index is 3.30. The van der Waals surface area contributed by atoms with Crippen LogP contribution in [-0.2, 0) is 0 Å². The molecule has 1 nitrogen and oxygen atoms in total. The van der Waals surface area contributed by atoms with Crippen molar-refractivity contribution in [1.82, 2.24) is 4.90 Å². The highest BCUT2D eigenvalue weighted by molar-refractivity contribution is 5.16. The first-order chi connectivity index (χ1) is 26.3. The largest absolute Gasteiger partial charge is 0.294 e. The molecule has 0 bridgehead atoms. The lowest BCUT2D eigenvalue weighted by Crippen LogP contribution is -2.54. The maximum Gasteiger partial charge on any atom is 0.0133 e. The zero-order valence-corrected chi connectivity index (χ0v) is 34.8. The fraction of sp³-hybridized carbons (Fsp3) is 0.962. The van der Waals surface area contributed by atoms with E-state index < -0.39 is 0 Å². The average molecular weight is 724 g/mol. The van der Waals surface area contributed by atoms with Crippen molar-refractivity contribution < 1.29 is 0 Å². The van der Waals surface area contributed by atoms with E-state index in [4.69, 9.17) is 0 Å². The SMILES string of the molecule is C(=C(C1CCCCC1)C1CCCCC1)C1CCC(C2C3CCCCC3C(C3CCC4C(C3)C3CCCCC3N4C3CCCCC3)C3CCCCC32)CC1. The molecule has 9 atom stereocenters. The van der Waals surface area contributed by atoms with Crippen LogP contribution in [0.4, 0.5) is 0 Å². The number of hydrogen-bond donors (Lipinski definition) is 0. The fourth-order valence-electron chi connectivity index (χ4n) is 18.3. The quantitative estimate of drug-likeness (QED) is 0.247. The summed E-state index contributed by atoms with van der Waals surface area (Å²) in [6, 6.07) is 2.91. The van der Waals surface area contributed by atoms with Gasteiger partial charge in [-0.05, 0) is 199 Å². The molecule has 0 aromatic heterocycles. The molecule has 10 fully saturated rings. The topological polar surface area (TPSA) is 3.24 Å². The maximum atomic E-state index is 3.30. The van der Waals surface area contributed by atoms with E-state index >= 15 is 0 Å². The molecule has 298 valence electrons. The Labute approximate surface area is 328 Å². The molecule has 53 heavy (non-hydrogen) atoms. The van der Waals surface area contributed by atoms with Crippen LogP contribution in [-0.4, -0.2) is 23.0 Å². The summed E-state index contributed by atoms with van der Waals surface area (Å²) in [5.74, 6) is 13.8. The Hall–Kier alpha value is -0.300. The van der Waals surface area contributed by atoms with E-state index in [0.717, 1.165) is 95.1 Å². The summed E-state index contributed by atoms with van der Waals surface area (Å²) < 4.78 is 0. The van der Waals surface area contributed by atoms with Crippen LogP contribution in [0.25, 0.3) is 0 Å². The van der Waals surface area contributed by atoms with Gasteiger partial charge < -0.3 is 0 Å². The highest BCUT2D eigenvalue weighted by Gasteiger charge is 2.58. The van der Waals surface area contributed by atoms with Crippen LogP contribution in [0.1, 0.15) is 218 Å². The molecule has 9 unspecified atom stereocenters.